The Bertz CT molecular complexity index is 747. The highest BCUT2D eigenvalue weighted by molar-refractivity contribution is 5.76. The van der Waals surface area contributed by atoms with Gasteiger partial charge in [-0.15, -0.1) is 0 Å². The molecule has 0 amide bonds. The van der Waals surface area contributed by atoms with E-state index in [9.17, 15) is 14.3 Å². The molecule has 134 valence electrons. The standard InChI is InChI=1S/C19H21FO5/c1-11-5-6-13(10-15(11)20)14(19(21)22)7-12-8-16(23-2)18(25-4)17(9-12)24-3/h5-6,8-10,14H,7H2,1-4H3,(H,21,22). The third-order valence-corrected chi connectivity index (χ3v) is 4.06. The first-order valence-electron chi connectivity index (χ1n) is 7.69. The zero-order valence-corrected chi connectivity index (χ0v) is 14.6. The summed E-state index contributed by atoms with van der Waals surface area (Å²) < 4.78 is 29.7. The van der Waals surface area contributed by atoms with Crippen LogP contribution >= 0.6 is 0 Å². The molecular formula is C19H21FO5. The van der Waals surface area contributed by atoms with Gasteiger partial charge in [-0.25, -0.2) is 4.39 Å². The number of methoxy groups -OCH3 is 3. The topological polar surface area (TPSA) is 65.0 Å². The zero-order chi connectivity index (χ0) is 18.6. The Balaban J connectivity index is 2.43. The molecule has 25 heavy (non-hydrogen) atoms. The van der Waals surface area contributed by atoms with Crippen molar-refractivity contribution in [3.63, 3.8) is 0 Å². The fraction of sp³-hybridized carbons (Fsp3) is 0.316. The molecule has 0 aliphatic carbocycles. The minimum atomic E-state index is -1.03. The zero-order valence-electron chi connectivity index (χ0n) is 14.6. The molecule has 0 saturated carbocycles. The molecule has 5 nitrogen and oxygen atoms in total. The molecular weight excluding hydrogens is 327 g/mol. The number of aryl methyl sites for hydroxylation is 1. The average molecular weight is 348 g/mol. The molecule has 2 rings (SSSR count). The minimum Gasteiger partial charge on any atom is -0.493 e. The van der Waals surface area contributed by atoms with Gasteiger partial charge in [-0.2, -0.15) is 0 Å². The molecule has 6 heteroatoms. The molecule has 0 aromatic heterocycles. The molecule has 0 radical (unpaired) electrons. The summed E-state index contributed by atoms with van der Waals surface area (Å²) in [4.78, 5) is 11.7. The number of carbonyl (C=O) groups is 1. The van der Waals surface area contributed by atoms with Gasteiger partial charge in [0.05, 0.1) is 27.2 Å². The monoisotopic (exact) mass is 348 g/mol. The number of ether oxygens (including phenoxy) is 3. The van der Waals surface area contributed by atoms with Gasteiger partial charge in [0.2, 0.25) is 5.75 Å². The first-order valence-corrected chi connectivity index (χ1v) is 7.69. The van der Waals surface area contributed by atoms with Crippen LogP contribution in [-0.4, -0.2) is 32.4 Å². The Morgan fingerprint density at radius 2 is 1.68 bits per heavy atom. The Morgan fingerprint density at radius 1 is 1.08 bits per heavy atom. The number of benzene rings is 2. The first-order chi connectivity index (χ1) is 11.9. The smallest absolute Gasteiger partial charge is 0.311 e. The van der Waals surface area contributed by atoms with Gasteiger partial charge >= 0.3 is 5.97 Å². The van der Waals surface area contributed by atoms with E-state index >= 15 is 0 Å². The minimum absolute atomic E-state index is 0.161. The van der Waals surface area contributed by atoms with Crippen LogP contribution in [0.15, 0.2) is 30.3 Å². The Labute approximate surface area is 146 Å². The number of carboxylic acids is 1. The molecule has 0 bridgehead atoms. The van der Waals surface area contributed by atoms with Gasteiger partial charge in [0.25, 0.3) is 0 Å². The second kappa shape index (κ2) is 7.88. The Morgan fingerprint density at radius 3 is 2.12 bits per heavy atom. The van der Waals surface area contributed by atoms with Crippen molar-refractivity contribution in [2.24, 2.45) is 0 Å². The largest absolute Gasteiger partial charge is 0.493 e. The van der Waals surface area contributed by atoms with Crippen LogP contribution in [0, 0.1) is 12.7 Å². The molecule has 0 fully saturated rings. The van der Waals surface area contributed by atoms with Gasteiger partial charge in [-0.3, -0.25) is 4.79 Å². The lowest BCUT2D eigenvalue weighted by Gasteiger charge is -2.17. The van der Waals surface area contributed by atoms with Gasteiger partial charge in [-0.1, -0.05) is 12.1 Å². The normalized spacial score (nSPS) is 11.7. The lowest BCUT2D eigenvalue weighted by Crippen LogP contribution is -2.15. The number of halogens is 1. The van der Waals surface area contributed by atoms with Crippen LogP contribution in [0.1, 0.15) is 22.6 Å². The summed E-state index contributed by atoms with van der Waals surface area (Å²) in [6.45, 7) is 1.63. The van der Waals surface area contributed by atoms with E-state index in [1.54, 1.807) is 31.2 Å². The van der Waals surface area contributed by atoms with Crippen molar-refractivity contribution in [3.05, 3.63) is 52.8 Å². The van der Waals surface area contributed by atoms with Crippen LogP contribution in [0.25, 0.3) is 0 Å². The summed E-state index contributed by atoms with van der Waals surface area (Å²) in [6.07, 6.45) is 0.161. The maximum Gasteiger partial charge on any atom is 0.311 e. The van der Waals surface area contributed by atoms with Gasteiger partial charge in [0, 0.05) is 0 Å². The average Bonchev–Trinajstić information content (AvgIpc) is 2.60. The molecule has 1 unspecified atom stereocenters. The van der Waals surface area contributed by atoms with Crippen LogP contribution in [0.3, 0.4) is 0 Å². The second-order valence-corrected chi connectivity index (χ2v) is 5.64. The van der Waals surface area contributed by atoms with Crippen molar-refractivity contribution in [3.8, 4) is 17.2 Å². The molecule has 2 aromatic carbocycles. The number of carboxylic acid groups (broad SMARTS) is 1. The Kier molecular flexibility index (Phi) is 5.85. The highest BCUT2D eigenvalue weighted by atomic mass is 19.1. The van der Waals surface area contributed by atoms with Crippen molar-refractivity contribution in [2.45, 2.75) is 19.3 Å². The summed E-state index contributed by atoms with van der Waals surface area (Å²) in [5.74, 6) is -1.03. The summed E-state index contributed by atoms with van der Waals surface area (Å²) in [5, 5.41) is 9.59. The summed E-state index contributed by atoms with van der Waals surface area (Å²) in [6, 6.07) is 7.88. The lowest BCUT2D eigenvalue weighted by atomic mass is 9.91. The fourth-order valence-corrected chi connectivity index (χ4v) is 2.66. The van der Waals surface area contributed by atoms with Crippen LogP contribution in [-0.2, 0) is 11.2 Å². The summed E-state index contributed by atoms with van der Waals surface area (Å²) in [5.41, 5.74) is 1.56. The summed E-state index contributed by atoms with van der Waals surface area (Å²) >= 11 is 0. The van der Waals surface area contributed by atoms with Gasteiger partial charge in [0.1, 0.15) is 5.82 Å². The van der Waals surface area contributed by atoms with Gasteiger partial charge in [0.15, 0.2) is 11.5 Å². The molecule has 1 atom stereocenters. The highest BCUT2D eigenvalue weighted by Crippen LogP contribution is 2.39. The molecule has 1 N–H and O–H groups in total. The third kappa shape index (κ3) is 4.02. The number of hydrogen-bond donors (Lipinski definition) is 1. The first kappa shape index (κ1) is 18.6. The predicted molar refractivity (Wildman–Crippen MR) is 91.3 cm³/mol. The van der Waals surface area contributed by atoms with Crippen LogP contribution < -0.4 is 14.2 Å². The van der Waals surface area contributed by atoms with Crippen molar-refractivity contribution in [2.75, 3.05) is 21.3 Å². The predicted octanol–water partition coefficient (Wildman–Crippen LogP) is 3.57. The van der Waals surface area contributed by atoms with Crippen molar-refractivity contribution in [1.82, 2.24) is 0 Å². The van der Waals surface area contributed by atoms with Crippen molar-refractivity contribution in [1.29, 1.82) is 0 Å². The van der Waals surface area contributed by atoms with Crippen LogP contribution in [0.2, 0.25) is 0 Å². The number of rotatable bonds is 7. The second-order valence-electron chi connectivity index (χ2n) is 5.64. The third-order valence-electron chi connectivity index (χ3n) is 4.06. The van der Waals surface area contributed by atoms with E-state index in [1.807, 2.05) is 0 Å². The highest BCUT2D eigenvalue weighted by Gasteiger charge is 2.23. The maximum absolute atomic E-state index is 13.8. The van der Waals surface area contributed by atoms with E-state index in [-0.39, 0.29) is 6.42 Å². The molecule has 0 saturated heterocycles. The van der Waals surface area contributed by atoms with Crippen LogP contribution in [0.4, 0.5) is 4.39 Å². The number of aliphatic carboxylic acids is 1. The quantitative estimate of drug-likeness (QED) is 0.829. The SMILES string of the molecule is COc1cc(CC(C(=O)O)c2ccc(C)c(F)c2)cc(OC)c1OC. The molecule has 0 aliphatic heterocycles. The summed E-state index contributed by atoms with van der Waals surface area (Å²) in [7, 11) is 4.48. The molecule has 2 aromatic rings. The van der Waals surface area contributed by atoms with E-state index in [2.05, 4.69) is 0 Å². The lowest BCUT2D eigenvalue weighted by molar-refractivity contribution is -0.138. The van der Waals surface area contributed by atoms with Gasteiger partial charge in [-0.05, 0) is 48.2 Å². The van der Waals surface area contributed by atoms with E-state index in [0.29, 0.717) is 33.9 Å². The number of hydrogen-bond acceptors (Lipinski definition) is 4. The fourth-order valence-electron chi connectivity index (χ4n) is 2.66. The maximum atomic E-state index is 13.8. The van der Waals surface area contributed by atoms with Crippen LogP contribution in [0.5, 0.6) is 17.2 Å². The molecule has 0 spiro atoms. The molecule has 0 aliphatic rings. The van der Waals surface area contributed by atoms with E-state index < -0.39 is 17.7 Å². The van der Waals surface area contributed by atoms with E-state index in [4.69, 9.17) is 14.2 Å². The van der Waals surface area contributed by atoms with E-state index in [1.165, 1.54) is 27.4 Å². The van der Waals surface area contributed by atoms with Crippen molar-refractivity contribution < 1.29 is 28.5 Å². The molecule has 0 heterocycles. The van der Waals surface area contributed by atoms with Gasteiger partial charge < -0.3 is 19.3 Å². The van der Waals surface area contributed by atoms with E-state index in [0.717, 1.165) is 0 Å². The van der Waals surface area contributed by atoms with Crippen molar-refractivity contribution >= 4 is 5.97 Å². The Hall–Kier alpha value is -2.76.